The number of aromatic nitrogens is 2. The first kappa shape index (κ1) is 20.8. The van der Waals surface area contributed by atoms with E-state index in [1.54, 1.807) is 24.6 Å². The van der Waals surface area contributed by atoms with E-state index in [4.69, 9.17) is 4.74 Å². The largest absolute Gasteiger partial charge is 0.439 e. The van der Waals surface area contributed by atoms with Crippen LogP contribution in [-0.2, 0) is 13.1 Å². The number of nitrogens with zero attached hydrogens (tertiary/aromatic N) is 3. The Hall–Kier alpha value is -2.93. The highest BCUT2D eigenvalue weighted by molar-refractivity contribution is 7.11. The van der Waals surface area contributed by atoms with E-state index in [9.17, 15) is 0 Å². The van der Waals surface area contributed by atoms with Crippen molar-refractivity contribution in [2.75, 3.05) is 7.05 Å². The first-order chi connectivity index (χ1) is 13.9. The second-order valence-corrected chi connectivity index (χ2v) is 8.16. The molecule has 6 nitrogen and oxygen atoms in total. The summed E-state index contributed by atoms with van der Waals surface area (Å²) in [5.74, 6) is 2.11. The van der Waals surface area contributed by atoms with Crippen LogP contribution in [0.5, 0.6) is 11.6 Å². The number of ether oxygens (including phenoxy) is 1. The third-order valence-corrected chi connectivity index (χ3v) is 5.67. The number of benzene rings is 1. The Kier molecular flexibility index (Phi) is 6.82. The maximum Gasteiger partial charge on any atom is 0.219 e. The zero-order chi connectivity index (χ0) is 20.8. The molecule has 7 heteroatoms. The van der Waals surface area contributed by atoms with Gasteiger partial charge >= 0.3 is 0 Å². The Bertz CT molecular complexity index is 1010. The second-order valence-electron chi connectivity index (χ2n) is 6.87. The highest BCUT2D eigenvalue weighted by Gasteiger charge is 2.07. The number of pyridine rings is 1. The van der Waals surface area contributed by atoms with Crippen LogP contribution >= 0.6 is 11.3 Å². The van der Waals surface area contributed by atoms with Gasteiger partial charge in [0.05, 0.1) is 17.2 Å². The van der Waals surface area contributed by atoms with Crippen LogP contribution < -0.4 is 15.4 Å². The number of hydrogen-bond donors (Lipinski definition) is 2. The monoisotopic (exact) mass is 409 g/mol. The van der Waals surface area contributed by atoms with Crippen LogP contribution in [0.25, 0.3) is 0 Å². The lowest BCUT2D eigenvalue weighted by Crippen LogP contribution is -2.36. The van der Waals surface area contributed by atoms with E-state index in [-0.39, 0.29) is 0 Å². The number of aliphatic imine (C=N–C) groups is 1. The molecule has 29 heavy (non-hydrogen) atoms. The first-order valence-electron chi connectivity index (χ1n) is 9.52. The number of aryl methyl sites for hydroxylation is 4. The van der Waals surface area contributed by atoms with Gasteiger partial charge in [-0.05, 0) is 62.6 Å². The van der Waals surface area contributed by atoms with Crippen molar-refractivity contribution in [3.8, 4) is 11.6 Å². The van der Waals surface area contributed by atoms with Crippen LogP contribution in [0.15, 0.2) is 41.5 Å². The summed E-state index contributed by atoms with van der Waals surface area (Å²) in [6, 6.07) is 9.94. The first-order valence-corrected chi connectivity index (χ1v) is 10.3. The third-order valence-electron chi connectivity index (χ3n) is 4.60. The quantitative estimate of drug-likeness (QED) is 0.465. The van der Waals surface area contributed by atoms with Crippen LogP contribution in [0.1, 0.15) is 32.3 Å². The summed E-state index contributed by atoms with van der Waals surface area (Å²) >= 11 is 1.70. The molecule has 0 saturated heterocycles. The van der Waals surface area contributed by atoms with Crippen molar-refractivity contribution in [1.29, 1.82) is 0 Å². The zero-order valence-corrected chi connectivity index (χ0v) is 18.4. The maximum atomic E-state index is 5.92. The molecule has 0 spiro atoms. The van der Waals surface area contributed by atoms with E-state index in [0.29, 0.717) is 19.0 Å². The average Bonchev–Trinajstić information content (AvgIpc) is 3.02. The maximum absolute atomic E-state index is 5.92. The Balaban J connectivity index is 1.57. The van der Waals surface area contributed by atoms with E-state index in [0.717, 1.165) is 28.0 Å². The minimum atomic E-state index is 0.575. The summed E-state index contributed by atoms with van der Waals surface area (Å²) < 4.78 is 5.92. The molecule has 0 saturated carbocycles. The summed E-state index contributed by atoms with van der Waals surface area (Å²) in [6.45, 7) is 9.53. The van der Waals surface area contributed by atoms with Gasteiger partial charge in [0.1, 0.15) is 5.75 Å². The molecular formula is C22H27N5OS. The molecule has 0 amide bonds. The number of nitrogens with one attached hydrogen (secondary N) is 2. The molecule has 0 bridgehead atoms. The molecular weight excluding hydrogens is 382 g/mol. The zero-order valence-electron chi connectivity index (χ0n) is 17.5. The molecule has 3 aromatic rings. The molecule has 0 aliphatic rings. The molecule has 0 aliphatic heterocycles. The van der Waals surface area contributed by atoms with Crippen molar-refractivity contribution < 1.29 is 4.74 Å². The topological polar surface area (TPSA) is 71.4 Å². The van der Waals surface area contributed by atoms with E-state index in [1.165, 1.54) is 16.0 Å². The van der Waals surface area contributed by atoms with Gasteiger partial charge in [-0.3, -0.25) is 4.99 Å². The minimum Gasteiger partial charge on any atom is -0.439 e. The lowest BCUT2D eigenvalue weighted by molar-refractivity contribution is 0.461. The summed E-state index contributed by atoms with van der Waals surface area (Å²) in [7, 11) is 1.76. The highest BCUT2D eigenvalue weighted by Crippen LogP contribution is 2.22. The van der Waals surface area contributed by atoms with Gasteiger partial charge in [0.2, 0.25) is 5.88 Å². The molecule has 0 aliphatic carbocycles. The van der Waals surface area contributed by atoms with Crippen molar-refractivity contribution in [1.82, 2.24) is 20.6 Å². The fourth-order valence-corrected chi connectivity index (χ4v) is 3.70. The van der Waals surface area contributed by atoms with Gasteiger partial charge in [-0.1, -0.05) is 6.07 Å². The van der Waals surface area contributed by atoms with E-state index >= 15 is 0 Å². The van der Waals surface area contributed by atoms with Gasteiger partial charge in [0, 0.05) is 30.7 Å². The van der Waals surface area contributed by atoms with Crippen molar-refractivity contribution in [3.05, 3.63) is 68.8 Å². The fraction of sp³-hybridized carbons (Fsp3) is 0.318. The standard InChI is InChI=1S/C22H27N5OS/c1-14-6-7-19(10-15(14)2)28-21-11-18(8-9-24-21)12-25-22(23-5)26-13-20-16(3)27-17(4)29-20/h6-11H,12-13H2,1-5H3,(H2,23,25,26). The Morgan fingerprint density at radius 3 is 2.52 bits per heavy atom. The Morgan fingerprint density at radius 1 is 1.03 bits per heavy atom. The van der Waals surface area contributed by atoms with Crippen molar-refractivity contribution in [2.24, 2.45) is 4.99 Å². The lowest BCUT2D eigenvalue weighted by Gasteiger charge is -2.12. The highest BCUT2D eigenvalue weighted by atomic mass is 32.1. The van der Waals surface area contributed by atoms with Crippen LogP contribution in [0, 0.1) is 27.7 Å². The van der Waals surface area contributed by atoms with Gasteiger partial charge in [-0.2, -0.15) is 0 Å². The molecule has 2 N–H and O–H groups in total. The third kappa shape index (κ3) is 5.77. The van der Waals surface area contributed by atoms with E-state index in [1.807, 2.05) is 38.1 Å². The predicted octanol–water partition coefficient (Wildman–Crippen LogP) is 4.43. The van der Waals surface area contributed by atoms with E-state index in [2.05, 4.69) is 45.5 Å². The number of hydrogen-bond acceptors (Lipinski definition) is 5. The Morgan fingerprint density at radius 2 is 1.83 bits per heavy atom. The number of guanidine groups is 1. The van der Waals surface area contributed by atoms with Crippen molar-refractivity contribution >= 4 is 17.3 Å². The van der Waals surface area contributed by atoms with Crippen molar-refractivity contribution in [3.63, 3.8) is 0 Å². The van der Waals surface area contributed by atoms with Gasteiger partial charge in [-0.25, -0.2) is 9.97 Å². The molecule has 1 aromatic carbocycles. The van der Waals surface area contributed by atoms with Crippen LogP contribution in [0.2, 0.25) is 0 Å². The number of rotatable bonds is 6. The smallest absolute Gasteiger partial charge is 0.219 e. The predicted molar refractivity (Wildman–Crippen MR) is 119 cm³/mol. The lowest BCUT2D eigenvalue weighted by atomic mass is 10.1. The molecule has 0 radical (unpaired) electrons. The average molecular weight is 410 g/mol. The van der Waals surface area contributed by atoms with Crippen LogP contribution in [-0.4, -0.2) is 23.0 Å². The summed E-state index contributed by atoms with van der Waals surface area (Å²) in [5, 5.41) is 7.75. The minimum absolute atomic E-state index is 0.575. The summed E-state index contributed by atoms with van der Waals surface area (Å²) in [4.78, 5) is 14.3. The summed E-state index contributed by atoms with van der Waals surface area (Å²) in [6.07, 6.45) is 1.76. The van der Waals surface area contributed by atoms with Crippen LogP contribution in [0.4, 0.5) is 0 Å². The molecule has 0 fully saturated rings. The number of thiazole rings is 1. The molecule has 0 atom stereocenters. The molecule has 0 unspecified atom stereocenters. The SMILES string of the molecule is CN=C(NCc1ccnc(Oc2ccc(C)c(C)c2)c1)NCc1sc(C)nc1C. The van der Waals surface area contributed by atoms with Gasteiger partial charge in [0.15, 0.2) is 5.96 Å². The van der Waals surface area contributed by atoms with Gasteiger partial charge < -0.3 is 15.4 Å². The molecule has 3 rings (SSSR count). The van der Waals surface area contributed by atoms with Gasteiger partial charge in [-0.15, -0.1) is 11.3 Å². The second kappa shape index (κ2) is 9.52. The molecule has 2 heterocycles. The van der Waals surface area contributed by atoms with Crippen LogP contribution in [0.3, 0.4) is 0 Å². The molecule has 152 valence electrons. The van der Waals surface area contributed by atoms with Crippen molar-refractivity contribution in [2.45, 2.75) is 40.8 Å². The fourth-order valence-electron chi connectivity index (χ4n) is 2.82. The summed E-state index contributed by atoms with van der Waals surface area (Å²) in [5.41, 5.74) is 4.57. The normalized spacial score (nSPS) is 11.4. The van der Waals surface area contributed by atoms with Gasteiger partial charge in [0.25, 0.3) is 0 Å². The Labute approximate surface area is 176 Å². The molecule has 2 aromatic heterocycles. The van der Waals surface area contributed by atoms with E-state index < -0.39 is 0 Å².